The van der Waals surface area contributed by atoms with Gasteiger partial charge in [-0.25, -0.2) is 9.18 Å². The number of phenolic OH excluding ortho intramolecular Hbond substituents is 1. The molecule has 0 fully saturated rings. The van der Waals surface area contributed by atoms with Gasteiger partial charge in [-0.3, -0.25) is 0 Å². The number of hydrogen-bond acceptors (Lipinski definition) is 3. The van der Waals surface area contributed by atoms with Crippen molar-refractivity contribution in [2.75, 3.05) is 0 Å². The standard InChI is InChI=1S/C9H7F4NO3/c10-5-2-6(15)4(1-3(5)8(16)17)7(14)9(11,12)13/h1-2,7,15H,14H2,(H,16,17)/t7-/m0/s1. The molecule has 4 nitrogen and oxygen atoms in total. The number of carboxylic acids is 1. The molecule has 1 atom stereocenters. The normalized spacial score (nSPS) is 13.5. The zero-order valence-electron chi connectivity index (χ0n) is 8.12. The molecule has 0 radical (unpaired) electrons. The highest BCUT2D eigenvalue weighted by Gasteiger charge is 2.39. The van der Waals surface area contributed by atoms with Crippen LogP contribution in [-0.2, 0) is 0 Å². The van der Waals surface area contributed by atoms with Gasteiger partial charge in [0, 0.05) is 11.6 Å². The minimum atomic E-state index is -4.87. The molecule has 0 heterocycles. The zero-order chi connectivity index (χ0) is 13.4. The highest BCUT2D eigenvalue weighted by atomic mass is 19.4. The van der Waals surface area contributed by atoms with E-state index < -0.39 is 40.9 Å². The minimum absolute atomic E-state index is 0.282. The first-order valence-corrected chi connectivity index (χ1v) is 4.22. The molecule has 0 unspecified atom stereocenters. The number of rotatable bonds is 2. The van der Waals surface area contributed by atoms with Gasteiger partial charge in [-0.05, 0) is 6.07 Å². The van der Waals surface area contributed by atoms with Gasteiger partial charge >= 0.3 is 12.1 Å². The molecular formula is C9H7F4NO3. The number of nitrogens with two attached hydrogens (primary N) is 1. The summed E-state index contributed by atoms with van der Waals surface area (Å²) >= 11 is 0. The van der Waals surface area contributed by atoms with Crippen LogP contribution in [0.5, 0.6) is 5.75 Å². The Morgan fingerprint density at radius 3 is 2.29 bits per heavy atom. The Hall–Kier alpha value is -1.83. The van der Waals surface area contributed by atoms with Crippen LogP contribution in [0, 0.1) is 5.82 Å². The van der Waals surface area contributed by atoms with Crippen LogP contribution in [-0.4, -0.2) is 22.4 Å². The summed E-state index contributed by atoms with van der Waals surface area (Å²) in [6.07, 6.45) is -4.87. The van der Waals surface area contributed by atoms with Crippen LogP contribution < -0.4 is 5.73 Å². The van der Waals surface area contributed by atoms with Crippen LogP contribution in [0.1, 0.15) is 22.0 Å². The number of carbonyl (C=O) groups is 1. The number of benzene rings is 1. The van der Waals surface area contributed by atoms with Crippen molar-refractivity contribution in [1.29, 1.82) is 0 Å². The van der Waals surface area contributed by atoms with Crippen LogP contribution in [0.4, 0.5) is 17.6 Å². The third kappa shape index (κ3) is 2.64. The van der Waals surface area contributed by atoms with Gasteiger partial charge in [0.25, 0.3) is 0 Å². The lowest BCUT2D eigenvalue weighted by molar-refractivity contribution is -0.149. The first kappa shape index (κ1) is 13.2. The molecule has 1 aromatic rings. The fourth-order valence-electron chi connectivity index (χ4n) is 1.17. The van der Waals surface area contributed by atoms with Gasteiger partial charge in [-0.1, -0.05) is 0 Å². The Morgan fingerprint density at radius 2 is 1.88 bits per heavy atom. The monoisotopic (exact) mass is 253 g/mol. The van der Waals surface area contributed by atoms with Crippen molar-refractivity contribution >= 4 is 5.97 Å². The lowest BCUT2D eigenvalue weighted by Crippen LogP contribution is -2.28. The second-order valence-electron chi connectivity index (χ2n) is 3.22. The average molecular weight is 253 g/mol. The molecule has 94 valence electrons. The van der Waals surface area contributed by atoms with Crippen LogP contribution in [0.2, 0.25) is 0 Å². The van der Waals surface area contributed by atoms with Gasteiger partial charge in [0.2, 0.25) is 0 Å². The molecule has 0 saturated carbocycles. The molecule has 17 heavy (non-hydrogen) atoms. The van der Waals surface area contributed by atoms with E-state index in [1.54, 1.807) is 0 Å². The van der Waals surface area contributed by atoms with Gasteiger partial charge < -0.3 is 15.9 Å². The van der Waals surface area contributed by atoms with Crippen molar-refractivity contribution in [2.24, 2.45) is 5.73 Å². The van der Waals surface area contributed by atoms with Crippen LogP contribution in [0.25, 0.3) is 0 Å². The largest absolute Gasteiger partial charge is 0.507 e. The van der Waals surface area contributed by atoms with E-state index in [1.807, 2.05) is 0 Å². The molecule has 0 bridgehead atoms. The van der Waals surface area contributed by atoms with E-state index in [4.69, 9.17) is 15.9 Å². The molecule has 0 spiro atoms. The maximum Gasteiger partial charge on any atom is 0.407 e. The maximum atomic E-state index is 13.0. The Balaban J connectivity index is 3.35. The molecule has 0 aliphatic heterocycles. The van der Waals surface area contributed by atoms with E-state index in [1.165, 1.54) is 0 Å². The Bertz CT molecular complexity index is 458. The first-order chi connectivity index (χ1) is 7.64. The Kier molecular flexibility index (Phi) is 3.28. The summed E-state index contributed by atoms with van der Waals surface area (Å²) in [5.41, 5.74) is 2.91. The number of hydrogen-bond donors (Lipinski definition) is 3. The third-order valence-corrected chi connectivity index (χ3v) is 2.03. The summed E-state index contributed by atoms with van der Waals surface area (Å²) in [6, 6.07) is -1.93. The van der Waals surface area contributed by atoms with E-state index in [9.17, 15) is 22.4 Å². The Labute approximate surface area is 92.3 Å². The predicted octanol–water partition coefficient (Wildman–Crippen LogP) is 1.79. The number of alkyl halides is 3. The molecule has 0 aliphatic carbocycles. The summed E-state index contributed by atoms with van der Waals surface area (Å²) < 4.78 is 49.8. The average Bonchev–Trinajstić information content (AvgIpc) is 2.14. The lowest BCUT2D eigenvalue weighted by Gasteiger charge is -2.17. The number of carboxylic acid groups (broad SMARTS) is 1. The second kappa shape index (κ2) is 4.21. The van der Waals surface area contributed by atoms with Gasteiger partial charge in [0.1, 0.15) is 17.6 Å². The molecular weight excluding hydrogens is 246 g/mol. The lowest BCUT2D eigenvalue weighted by atomic mass is 10.0. The minimum Gasteiger partial charge on any atom is -0.507 e. The topological polar surface area (TPSA) is 83.6 Å². The van der Waals surface area contributed by atoms with Crippen molar-refractivity contribution in [3.8, 4) is 5.75 Å². The van der Waals surface area contributed by atoms with Gasteiger partial charge in [-0.2, -0.15) is 13.2 Å². The quantitative estimate of drug-likeness (QED) is 0.701. The van der Waals surface area contributed by atoms with Crippen molar-refractivity contribution in [3.05, 3.63) is 29.1 Å². The number of aromatic hydroxyl groups is 1. The zero-order valence-corrected chi connectivity index (χ0v) is 8.12. The summed E-state index contributed by atoms with van der Waals surface area (Å²) in [6.45, 7) is 0. The number of halogens is 4. The van der Waals surface area contributed by atoms with Crippen LogP contribution >= 0.6 is 0 Å². The van der Waals surface area contributed by atoms with E-state index in [2.05, 4.69) is 0 Å². The molecule has 8 heteroatoms. The van der Waals surface area contributed by atoms with Crippen molar-refractivity contribution in [1.82, 2.24) is 0 Å². The SMILES string of the molecule is N[C@@H](c1cc(C(=O)O)c(F)cc1O)C(F)(F)F. The molecule has 0 saturated heterocycles. The van der Waals surface area contributed by atoms with Gasteiger partial charge in [0.05, 0.1) is 5.56 Å². The molecule has 0 amide bonds. The summed E-state index contributed by atoms with van der Waals surface area (Å²) in [7, 11) is 0. The Morgan fingerprint density at radius 1 is 1.35 bits per heavy atom. The van der Waals surface area contributed by atoms with Crippen LogP contribution in [0.3, 0.4) is 0 Å². The summed E-state index contributed by atoms with van der Waals surface area (Å²) in [4.78, 5) is 10.5. The fraction of sp³-hybridized carbons (Fsp3) is 0.222. The third-order valence-electron chi connectivity index (χ3n) is 2.03. The van der Waals surface area contributed by atoms with E-state index in [0.29, 0.717) is 6.07 Å². The molecule has 0 aromatic heterocycles. The number of aromatic carboxylic acids is 1. The second-order valence-corrected chi connectivity index (χ2v) is 3.22. The fourth-order valence-corrected chi connectivity index (χ4v) is 1.17. The molecule has 0 aliphatic rings. The van der Waals surface area contributed by atoms with Crippen LogP contribution in [0.15, 0.2) is 12.1 Å². The van der Waals surface area contributed by atoms with Gasteiger partial charge in [0.15, 0.2) is 0 Å². The highest BCUT2D eigenvalue weighted by molar-refractivity contribution is 5.88. The van der Waals surface area contributed by atoms with E-state index >= 15 is 0 Å². The van der Waals surface area contributed by atoms with E-state index in [0.717, 1.165) is 0 Å². The summed E-state index contributed by atoms with van der Waals surface area (Å²) in [5, 5.41) is 17.6. The smallest absolute Gasteiger partial charge is 0.407 e. The molecule has 1 aromatic carbocycles. The van der Waals surface area contributed by atoms with Crippen molar-refractivity contribution < 1.29 is 32.6 Å². The molecule has 4 N–H and O–H groups in total. The number of phenols is 1. The predicted molar refractivity (Wildman–Crippen MR) is 48.0 cm³/mol. The van der Waals surface area contributed by atoms with Crippen molar-refractivity contribution in [3.63, 3.8) is 0 Å². The first-order valence-electron chi connectivity index (χ1n) is 4.22. The van der Waals surface area contributed by atoms with E-state index in [-0.39, 0.29) is 6.07 Å². The van der Waals surface area contributed by atoms with Gasteiger partial charge in [-0.15, -0.1) is 0 Å². The van der Waals surface area contributed by atoms with Crippen molar-refractivity contribution in [2.45, 2.75) is 12.2 Å². The molecule has 1 rings (SSSR count). The summed E-state index contributed by atoms with van der Waals surface area (Å²) in [5.74, 6) is -4.14. The highest BCUT2D eigenvalue weighted by Crippen LogP contribution is 2.36. The maximum absolute atomic E-state index is 13.0.